The minimum absolute atomic E-state index is 0.140. The Balaban J connectivity index is 1.55. The van der Waals surface area contributed by atoms with Crippen LogP contribution in [-0.4, -0.2) is 23.3 Å². The van der Waals surface area contributed by atoms with E-state index in [9.17, 15) is 9.59 Å². The van der Waals surface area contributed by atoms with Gasteiger partial charge < -0.3 is 15.1 Å². The van der Waals surface area contributed by atoms with Gasteiger partial charge in [-0.05, 0) is 49.2 Å². The summed E-state index contributed by atoms with van der Waals surface area (Å²) in [6, 6.07) is 18.4. The maximum Gasteiger partial charge on any atom is 0.252 e. The summed E-state index contributed by atoms with van der Waals surface area (Å²) < 4.78 is 5.43. The minimum atomic E-state index is -0.349. The summed E-state index contributed by atoms with van der Waals surface area (Å²) >= 11 is 0. The van der Waals surface area contributed by atoms with E-state index < -0.39 is 0 Å². The lowest BCUT2D eigenvalue weighted by molar-refractivity contribution is -0.115. The van der Waals surface area contributed by atoms with Crippen LogP contribution in [0.25, 0.3) is 22.4 Å². The van der Waals surface area contributed by atoms with Gasteiger partial charge in [-0.1, -0.05) is 36.4 Å². The molecule has 0 saturated heterocycles. The molecule has 0 unspecified atom stereocenters. The maximum atomic E-state index is 12.9. The van der Waals surface area contributed by atoms with Crippen LogP contribution in [0, 0.1) is 13.8 Å². The van der Waals surface area contributed by atoms with E-state index in [0.717, 1.165) is 16.8 Å². The fraction of sp³-hybridized carbons (Fsp3) is 0.125. The summed E-state index contributed by atoms with van der Waals surface area (Å²) in [5.74, 6) is -0.0639. The molecule has 2 heterocycles. The summed E-state index contributed by atoms with van der Waals surface area (Å²) in [5, 5.41) is 6.30. The Hall–Kier alpha value is -3.93. The molecule has 2 N–H and O–H groups in total. The van der Waals surface area contributed by atoms with Crippen molar-refractivity contribution in [1.82, 2.24) is 10.3 Å². The topological polar surface area (TPSA) is 84.2 Å². The number of pyridine rings is 1. The van der Waals surface area contributed by atoms with Crippen molar-refractivity contribution >= 4 is 28.4 Å². The van der Waals surface area contributed by atoms with Crippen molar-refractivity contribution < 1.29 is 14.0 Å². The summed E-state index contributed by atoms with van der Waals surface area (Å²) in [6.45, 7) is 3.72. The second kappa shape index (κ2) is 8.21. The average molecular weight is 399 g/mol. The molecule has 0 bridgehead atoms. The van der Waals surface area contributed by atoms with Crippen molar-refractivity contribution in [2.75, 3.05) is 11.9 Å². The van der Waals surface area contributed by atoms with Crippen LogP contribution < -0.4 is 10.6 Å². The Kier molecular flexibility index (Phi) is 5.30. The van der Waals surface area contributed by atoms with Crippen molar-refractivity contribution in [3.05, 3.63) is 83.6 Å². The number of amides is 2. The number of fused-ring (bicyclic) bond motifs is 1. The number of nitrogens with zero attached hydrogens (tertiary/aromatic N) is 1. The van der Waals surface area contributed by atoms with Crippen LogP contribution in [-0.2, 0) is 4.79 Å². The largest absolute Gasteiger partial charge is 0.463 e. The quantitative estimate of drug-likeness (QED) is 0.518. The molecule has 0 aliphatic carbocycles. The highest BCUT2D eigenvalue weighted by atomic mass is 16.3. The molecule has 0 saturated carbocycles. The molecule has 0 atom stereocenters. The van der Waals surface area contributed by atoms with E-state index in [1.807, 2.05) is 56.3 Å². The zero-order valence-corrected chi connectivity index (χ0v) is 16.7. The molecule has 30 heavy (non-hydrogen) atoms. The Morgan fingerprint density at radius 3 is 2.47 bits per heavy atom. The molecule has 0 spiro atoms. The number of hydrogen-bond acceptors (Lipinski definition) is 4. The van der Waals surface area contributed by atoms with Crippen molar-refractivity contribution in [2.24, 2.45) is 0 Å². The van der Waals surface area contributed by atoms with Crippen LogP contribution >= 0.6 is 0 Å². The highest BCUT2D eigenvalue weighted by molar-refractivity contribution is 6.08. The molecule has 6 heteroatoms. The first kappa shape index (κ1) is 19.4. The Morgan fingerprint density at radius 1 is 0.967 bits per heavy atom. The van der Waals surface area contributed by atoms with Gasteiger partial charge in [0.15, 0.2) is 5.76 Å². The monoisotopic (exact) mass is 399 g/mol. The van der Waals surface area contributed by atoms with Crippen LogP contribution in [0.5, 0.6) is 0 Å². The predicted molar refractivity (Wildman–Crippen MR) is 116 cm³/mol. The van der Waals surface area contributed by atoms with E-state index in [4.69, 9.17) is 4.42 Å². The second-order valence-corrected chi connectivity index (χ2v) is 7.05. The van der Waals surface area contributed by atoms with Gasteiger partial charge in [-0.2, -0.15) is 0 Å². The average Bonchev–Trinajstić information content (AvgIpc) is 3.29. The van der Waals surface area contributed by atoms with Crippen molar-refractivity contribution in [2.45, 2.75) is 13.8 Å². The standard InChI is InChI=1S/C24H21N3O3/c1-15-7-5-8-16(2)23(15)27-22(28)14-25-24(29)18-13-20(21-11-6-12-30-21)26-19-10-4-3-9-17(18)19/h3-13H,14H2,1-2H3,(H,25,29)(H,27,28). The van der Waals surface area contributed by atoms with Crippen molar-refractivity contribution in [1.29, 1.82) is 0 Å². The van der Waals surface area contributed by atoms with Gasteiger partial charge in [0, 0.05) is 11.1 Å². The number of anilines is 1. The van der Waals surface area contributed by atoms with E-state index >= 15 is 0 Å². The molecule has 4 aromatic rings. The summed E-state index contributed by atoms with van der Waals surface area (Å²) in [6.07, 6.45) is 1.56. The normalized spacial score (nSPS) is 10.7. The molecular formula is C24H21N3O3. The lowest BCUT2D eigenvalue weighted by atomic mass is 10.1. The first-order chi connectivity index (χ1) is 14.5. The third-order valence-electron chi connectivity index (χ3n) is 4.89. The Bertz CT molecular complexity index is 1210. The van der Waals surface area contributed by atoms with Crippen LogP contribution in [0.1, 0.15) is 21.5 Å². The molecule has 0 radical (unpaired) electrons. The van der Waals surface area contributed by atoms with Crippen LogP contribution in [0.4, 0.5) is 5.69 Å². The SMILES string of the molecule is Cc1cccc(C)c1NC(=O)CNC(=O)c1cc(-c2ccco2)nc2ccccc12. The third kappa shape index (κ3) is 3.93. The number of aromatic nitrogens is 1. The van der Waals surface area contributed by atoms with E-state index in [0.29, 0.717) is 27.9 Å². The molecule has 6 nitrogen and oxygen atoms in total. The molecular weight excluding hydrogens is 378 g/mol. The summed E-state index contributed by atoms with van der Waals surface area (Å²) in [4.78, 5) is 29.9. The summed E-state index contributed by atoms with van der Waals surface area (Å²) in [5.41, 5.74) is 4.38. The van der Waals surface area contributed by atoms with Crippen molar-refractivity contribution in [3.63, 3.8) is 0 Å². The third-order valence-corrected chi connectivity index (χ3v) is 4.89. The van der Waals surface area contributed by atoms with E-state index in [-0.39, 0.29) is 18.4 Å². The predicted octanol–water partition coefficient (Wildman–Crippen LogP) is 4.48. The number of carbonyl (C=O) groups is 2. The number of aryl methyl sites for hydroxylation is 2. The smallest absolute Gasteiger partial charge is 0.252 e. The number of rotatable bonds is 5. The minimum Gasteiger partial charge on any atom is -0.463 e. The molecule has 0 fully saturated rings. The fourth-order valence-electron chi connectivity index (χ4n) is 3.36. The number of carbonyl (C=O) groups excluding carboxylic acids is 2. The van der Waals surface area contributed by atoms with Gasteiger partial charge in [-0.3, -0.25) is 9.59 Å². The number of benzene rings is 2. The molecule has 0 aliphatic heterocycles. The van der Waals surface area contributed by atoms with Crippen molar-refractivity contribution in [3.8, 4) is 11.5 Å². The van der Waals surface area contributed by atoms with Crippen LogP contribution in [0.2, 0.25) is 0 Å². The Morgan fingerprint density at radius 2 is 1.73 bits per heavy atom. The number of nitrogens with one attached hydrogen (secondary N) is 2. The lowest BCUT2D eigenvalue weighted by Gasteiger charge is -2.13. The zero-order chi connectivity index (χ0) is 21.1. The second-order valence-electron chi connectivity index (χ2n) is 7.05. The van der Waals surface area contributed by atoms with E-state index in [2.05, 4.69) is 15.6 Å². The molecule has 2 aromatic heterocycles. The van der Waals surface area contributed by atoms with Gasteiger partial charge >= 0.3 is 0 Å². The van der Waals surface area contributed by atoms with Gasteiger partial charge in [-0.15, -0.1) is 0 Å². The van der Waals surface area contributed by atoms with Gasteiger partial charge in [0.05, 0.1) is 23.9 Å². The molecule has 2 amide bonds. The Labute approximate surface area is 173 Å². The highest BCUT2D eigenvalue weighted by Crippen LogP contribution is 2.25. The lowest BCUT2D eigenvalue weighted by Crippen LogP contribution is -2.33. The zero-order valence-electron chi connectivity index (χ0n) is 16.7. The number of hydrogen-bond donors (Lipinski definition) is 2. The first-order valence-corrected chi connectivity index (χ1v) is 9.61. The maximum absolute atomic E-state index is 12.9. The summed E-state index contributed by atoms with van der Waals surface area (Å²) in [7, 11) is 0. The van der Waals surface area contributed by atoms with Gasteiger partial charge in [0.2, 0.25) is 5.91 Å². The first-order valence-electron chi connectivity index (χ1n) is 9.61. The molecule has 2 aromatic carbocycles. The fourth-order valence-corrected chi connectivity index (χ4v) is 3.36. The van der Waals surface area contributed by atoms with Gasteiger partial charge in [-0.25, -0.2) is 4.98 Å². The van der Waals surface area contributed by atoms with Crippen LogP contribution in [0.15, 0.2) is 71.3 Å². The number of furan rings is 1. The van der Waals surface area contributed by atoms with Crippen LogP contribution in [0.3, 0.4) is 0 Å². The highest BCUT2D eigenvalue weighted by Gasteiger charge is 2.16. The van der Waals surface area contributed by atoms with Gasteiger partial charge in [0.25, 0.3) is 5.91 Å². The van der Waals surface area contributed by atoms with Gasteiger partial charge in [0.1, 0.15) is 5.69 Å². The number of para-hydroxylation sites is 2. The molecule has 0 aliphatic rings. The van der Waals surface area contributed by atoms with E-state index in [1.165, 1.54) is 0 Å². The molecule has 150 valence electrons. The van der Waals surface area contributed by atoms with E-state index in [1.54, 1.807) is 24.5 Å². The molecule has 4 rings (SSSR count).